The third-order valence-electron chi connectivity index (χ3n) is 3.47. The summed E-state index contributed by atoms with van der Waals surface area (Å²) in [6.45, 7) is 1.99. The van der Waals surface area contributed by atoms with Gasteiger partial charge in [-0.05, 0) is 37.0 Å². The molecule has 1 saturated heterocycles. The fourth-order valence-corrected chi connectivity index (χ4v) is 2.46. The highest BCUT2D eigenvalue weighted by molar-refractivity contribution is 5.91. The predicted octanol–water partition coefficient (Wildman–Crippen LogP) is 1.21. The Balaban J connectivity index is 1.79. The van der Waals surface area contributed by atoms with Crippen LogP contribution in [0.15, 0.2) is 28.9 Å². The van der Waals surface area contributed by atoms with Crippen molar-refractivity contribution in [2.24, 2.45) is 5.92 Å². The standard InChI is InChI=1S/C15H20N2O4/c18-14(6-5-13-4-2-8-21-13)17-7-1-3-12(11-17)9-16-10-15(19)20/h2,4-6,8,12,16H,1,3,7,9-11H2,(H,19,20)/b6-5+. The van der Waals surface area contributed by atoms with E-state index in [4.69, 9.17) is 9.52 Å². The second kappa shape index (κ2) is 7.64. The highest BCUT2D eigenvalue weighted by atomic mass is 16.4. The van der Waals surface area contributed by atoms with E-state index in [0.717, 1.165) is 19.4 Å². The lowest BCUT2D eigenvalue weighted by molar-refractivity contribution is -0.136. The zero-order chi connectivity index (χ0) is 15.1. The van der Waals surface area contributed by atoms with E-state index in [1.165, 1.54) is 6.08 Å². The molecule has 2 N–H and O–H groups in total. The molecule has 0 saturated carbocycles. The quantitative estimate of drug-likeness (QED) is 0.770. The van der Waals surface area contributed by atoms with E-state index in [1.54, 1.807) is 29.4 Å². The number of nitrogens with one attached hydrogen (secondary N) is 1. The number of carboxylic acids is 1. The maximum absolute atomic E-state index is 12.1. The van der Waals surface area contributed by atoms with Gasteiger partial charge in [0.15, 0.2) is 0 Å². The van der Waals surface area contributed by atoms with Gasteiger partial charge in [0.2, 0.25) is 5.91 Å². The topological polar surface area (TPSA) is 82.8 Å². The SMILES string of the molecule is O=C(O)CNCC1CCCN(C(=O)/C=C/c2ccco2)C1. The summed E-state index contributed by atoms with van der Waals surface area (Å²) in [5.74, 6) is 0.0635. The number of carbonyl (C=O) groups excluding carboxylic acids is 1. The van der Waals surface area contributed by atoms with Gasteiger partial charge < -0.3 is 19.7 Å². The van der Waals surface area contributed by atoms with Gasteiger partial charge in [0.1, 0.15) is 5.76 Å². The average molecular weight is 292 g/mol. The highest BCUT2D eigenvalue weighted by Gasteiger charge is 2.22. The van der Waals surface area contributed by atoms with Gasteiger partial charge in [-0.25, -0.2) is 0 Å². The van der Waals surface area contributed by atoms with Gasteiger partial charge in [-0.15, -0.1) is 0 Å². The summed E-state index contributed by atoms with van der Waals surface area (Å²) < 4.78 is 5.14. The first-order valence-electron chi connectivity index (χ1n) is 7.08. The van der Waals surface area contributed by atoms with Crippen molar-refractivity contribution < 1.29 is 19.1 Å². The minimum Gasteiger partial charge on any atom is -0.480 e. The van der Waals surface area contributed by atoms with E-state index in [-0.39, 0.29) is 12.5 Å². The zero-order valence-corrected chi connectivity index (χ0v) is 11.8. The number of hydrogen-bond donors (Lipinski definition) is 2. The molecule has 1 aliphatic rings. The van der Waals surface area contributed by atoms with E-state index < -0.39 is 5.97 Å². The Bertz CT molecular complexity index is 496. The second-order valence-electron chi connectivity index (χ2n) is 5.17. The molecule has 0 radical (unpaired) electrons. The molecule has 1 amide bonds. The van der Waals surface area contributed by atoms with Gasteiger partial charge in [-0.2, -0.15) is 0 Å². The van der Waals surface area contributed by atoms with Crippen LogP contribution in [0.5, 0.6) is 0 Å². The molecule has 0 spiro atoms. The molecule has 2 heterocycles. The number of hydrogen-bond acceptors (Lipinski definition) is 4. The van der Waals surface area contributed by atoms with Crippen molar-refractivity contribution in [3.8, 4) is 0 Å². The third-order valence-corrected chi connectivity index (χ3v) is 3.47. The van der Waals surface area contributed by atoms with Gasteiger partial charge in [0.25, 0.3) is 0 Å². The fourth-order valence-electron chi connectivity index (χ4n) is 2.46. The first kappa shape index (κ1) is 15.3. The summed E-state index contributed by atoms with van der Waals surface area (Å²) in [5, 5.41) is 11.5. The number of piperidine rings is 1. The lowest BCUT2D eigenvalue weighted by Gasteiger charge is -2.32. The summed E-state index contributed by atoms with van der Waals surface area (Å²) in [4.78, 5) is 24.4. The number of amides is 1. The Kier molecular flexibility index (Phi) is 5.57. The minimum atomic E-state index is -0.861. The van der Waals surface area contributed by atoms with Crippen LogP contribution in [0, 0.1) is 5.92 Å². The number of rotatable bonds is 6. The number of carboxylic acid groups (broad SMARTS) is 1. The third kappa shape index (κ3) is 5.07. The monoisotopic (exact) mass is 292 g/mol. The Labute approximate surface area is 123 Å². The predicted molar refractivity (Wildman–Crippen MR) is 77.6 cm³/mol. The van der Waals surface area contributed by atoms with E-state index in [0.29, 0.717) is 24.8 Å². The molecule has 0 aromatic carbocycles. The van der Waals surface area contributed by atoms with E-state index in [9.17, 15) is 9.59 Å². The van der Waals surface area contributed by atoms with Gasteiger partial charge in [-0.3, -0.25) is 9.59 Å². The number of likely N-dealkylation sites (tertiary alicyclic amines) is 1. The summed E-state index contributed by atoms with van der Waals surface area (Å²) in [7, 11) is 0. The van der Waals surface area contributed by atoms with Gasteiger partial charge in [0, 0.05) is 25.7 Å². The van der Waals surface area contributed by atoms with E-state index in [1.807, 2.05) is 0 Å². The molecule has 1 atom stereocenters. The van der Waals surface area contributed by atoms with Crippen LogP contribution in [0.4, 0.5) is 0 Å². The molecule has 2 rings (SSSR count). The molecule has 0 aliphatic carbocycles. The van der Waals surface area contributed by atoms with Crippen molar-refractivity contribution in [3.05, 3.63) is 30.2 Å². The summed E-state index contributed by atoms with van der Waals surface area (Å²) in [6.07, 6.45) is 6.70. The molecule has 114 valence electrons. The van der Waals surface area contributed by atoms with Crippen LogP contribution in [0.1, 0.15) is 18.6 Å². The smallest absolute Gasteiger partial charge is 0.317 e. The molecular formula is C15H20N2O4. The molecule has 1 unspecified atom stereocenters. The maximum atomic E-state index is 12.1. The first-order chi connectivity index (χ1) is 10.1. The van der Waals surface area contributed by atoms with Gasteiger partial charge in [-0.1, -0.05) is 0 Å². The van der Waals surface area contributed by atoms with Crippen LogP contribution in [0.3, 0.4) is 0 Å². The van der Waals surface area contributed by atoms with Gasteiger partial charge in [0.05, 0.1) is 12.8 Å². The number of carbonyl (C=O) groups is 2. The van der Waals surface area contributed by atoms with Crippen LogP contribution in [0.25, 0.3) is 6.08 Å². The highest BCUT2D eigenvalue weighted by Crippen LogP contribution is 2.16. The molecule has 1 aliphatic heterocycles. The van der Waals surface area contributed by atoms with Crippen LogP contribution >= 0.6 is 0 Å². The van der Waals surface area contributed by atoms with Gasteiger partial charge >= 0.3 is 5.97 Å². The van der Waals surface area contributed by atoms with Crippen molar-refractivity contribution in [1.82, 2.24) is 10.2 Å². The summed E-state index contributed by atoms with van der Waals surface area (Å²) in [6, 6.07) is 3.56. The molecule has 1 fully saturated rings. The molecular weight excluding hydrogens is 272 g/mol. The van der Waals surface area contributed by atoms with Crippen molar-refractivity contribution in [1.29, 1.82) is 0 Å². The van der Waals surface area contributed by atoms with Crippen molar-refractivity contribution in [3.63, 3.8) is 0 Å². The van der Waals surface area contributed by atoms with Crippen LogP contribution in [-0.4, -0.2) is 48.1 Å². The Morgan fingerprint density at radius 2 is 2.38 bits per heavy atom. The fraction of sp³-hybridized carbons (Fsp3) is 0.467. The molecule has 0 bridgehead atoms. The normalized spacial score (nSPS) is 19.0. The Morgan fingerprint density at radius 1 is 1.52 bits per heavy atom. The van der Waals surface area contributed by atoms with E-state index >= 15 is 0 Å². The summed E-state index contributed by atoms with van der Waals surface area (Å²) in [5.41, 5.74) is 0. The number of nitrogens with zero attached hydrogens (tertiary/aromatic N) is 1. The van der Waals surface area contributed by atoms with E-state index in [2.05, 4.69) is 5.32 Å². The molecule has 1 aromatic heterocycles. The van der Waals surface area contributed by atoms with Crippen molar-refractivity contribution >= 4 is 18.0 Å². The van der Waals surface area contributed by atoms with Crippen molar-refractivity contribution in [2.75, 3.05) is 26.2 Å². The summed E-state index contributed by atoms with van der Waals surface area (Å²) >= 11 is 0. The first-order valence-corrected chi connectivity index (χ1v) is 7.08. The zero-order valence-electron chi connectivity index (χ0n) is 11.8. The Hall–Kier alpha value is -2.08. The minimum absolute atomic E-state index is 0.0330. The van der Waals surface area contributed by atoms with Crippen LogP contribution in [0.2, 0.25) is 0 Å². The maximum Gasteiger partial charge on any atom is 0.317 e. The van der Waals surface area contributed by atoms with Crippen LogP contribution < -0.4 is 5.32 Å². The van der Waals surface area contributed by atoms with Crippen LogP contribution in [-0.2, 0) is 9.59 Å². The molecule has 21 heavy (non-hydrogen) atoms. The molecule has 1 aromatic rings. The lowest BCUT2D eigenvalue weighted by Crippen LogP contribution is -2.42. The lowest BCUT2D eigenvalue weighted by atomic mass is 9.98. The molecule has 6 heteroatoms. The molecule has 6 nitrogen and oxygen atoms in total. The average Bonchev–Trinajstić information content (AvgIpc) is 2.98. The largest absolute Gasteiger partial charge is 0.480 e. The number of furan rings is 1. The van der Waals surface area contributed by atoms with Crippen molar-refractivity contribution in [2.45, 2.75) is 12.8 Å². The Morgan fingerprint density at radius 3 is 3.10 bits per heavy atom. The second-order valence-corrected chi connectivity index (χ2v) is 5.17. The number of aliphatic carboxylic acids is 1.